The van der Waals surface area contributed by atoms with Crippen LogP contribution in [-0.2, 0) is 0 Å². The van der Waals surface area contributed by atoms with E-state index in [0.29, 0.717) is 29.2 Å². The normalized spacial score (nSPS) is 20.7. The van der Waals surface area contributed by atoms with Crippen LogP contribution in [0.1, 0.15) is 19.8 Å². The molecule has 26 heavy (non-hydrogen) atoms. The number of pyridine rings is 1. The fraction of sp³-hybridized carbons (Fsp3) is 0.450. The van der Waals surface area contributed by atoms with Crippen molar-refractivity contribution in [2.45, 2.75) is 26.0 Å². The fourth-order valence-electron chi connectivity index (χ4n) is 3.58. The van der Waals surface area contributed by atoms with Gasteiger partial charge in [0.05, 0.1) is 25.0 Å². The zero-order valence-corrected chi connectivity index (χ0v) is 15.4. The fourth-order valence-corrected chi connectivity index (χ4v) is 3.58. The number of rotatable bonds is 4. The average molecular weight is 357 g/mol. The minimum atomic E-state index is -0.733. The molecule has 2 aliphatic rings. The van der Waals surface area contributed by atoms with Crippen LogP contribution in [0.3, 0.4) is 0 Å². The molecule has 1 aromatic heterocycles. The summed E-state index contributed by atoms with van der Waals surface area (Å²) in [4.78, 5) is 7.91. The summed E-state index contributed by atoms with van der Waals surface area (Å²) >= 11 is 0. The van der Waals surface area contributed by atoms with Crippen molar-refractivity contribution in [2.75, 3.05) is 37.0 Å². The first-order chi connectivity index (χ1) is 12.4. The van der Waals surface area contributed by atoms with E-state index in [-0.39, 0.29) is 11.2 Å². The van der Waals surface area contributed by atoms with E-state index in [1.807, 2.05) is 6.07 Å². The molecule has 2 aromatic rings. The number of aliphatic hydroxyl groups is 1. The van der Waals surface area contributed by atoms with Gasteiger partial charge in [-0.3, -0.25) is 0 Å². The van der Waals surface area contributed by atoms with Crippen LogP contribution >= 0.6 is 0 Å². The van der Waals surface area contributed by atoms with E-state index in [1.54, 1.807) is 43.5 Å². The van der Waals surface area contributed by atoms with Crippen molar-refractivity contribution < 1.29 is 14.2 Å². The third kappa shape index (κ3) is 2.88. The van der Waals surface area contributed by atoms with E-state index in [0.717, 1.165) is 12.2 Å². The highest BCUT2D eigenvalue weighted by atomic mass is 19.1. The molecule has 0 saturated heterocycles. The van der Waals surface area contributed by atoms with Gasteiger partial charge in [-0.05, 0) is 36.5 Å². The first-order valence-electron chi connectivity index (χ1n) is 8.91. The Bertz CT molecular complexity index is 821. The van der Waals surface area contributed by atoms with Crippen molar-refractivity contribution >= 4 is 11.4 Å². The van der Waals surface area contributed by atoms with Gasteiger partial charge in [0.15, 0.2) is 5.82 Å². The van der Waals surface area contributed by atoms with Crippen LogP contribution in [0.5, 0.6) is 5.88 Å². The lowest BCUT2D eigenvalue weighted by atomic mass is 10.0. The number of aliphatic hydroxyl groups excluding tert-OH is 1. The molecular formula is C20H24FN3O2. The van der Waals surface area contributed by atoms with Crippen molar-refractivity contribution in [2.24, 2.45) is 5.41 Å². The lowest BCUT2D eigenvalue weighted by Crippen LogP contribution is -2.49. The van der Waals surface area contributed by atoms with Gasteiger partial charge in [0.2, 0.25) is 5.88 Å². The summed E-state index contributed by atoms with van der Waals surface area (Å²) in [5, 5.41) is 10.5. The zero-order valence-electron chi connectivity index (χ0n) is 15.4. The predicted octanol–water partition coefficient (Wildman–Crippen LogP) is 3.27. The minimum Gasteiger partial charge on any atom is -0.481 e. The topological polar surface area (TPSA) is 48.8 Å². The summed E-state index contributed by atoms with van der Waals surface area (Å²) in [7, 11) is 3.28. The van der Waals surface area contributed by atoms with E-state index in [4.69, 9.17) is 4.74 Å². The minimum absolute atomic E-state index is 0.280. The number of benzene rings is 1. The van der Waals surface area contributed by atoms with Crippen molar-refractivity contribution in [3.63, 3.8) is 0 Å². The summed E-state index contributed by atoms with van der Waals surface area (Å²) in [5.41, 5.74) is 2.72. The van der Waals surface area contributed by atoms with Crippen molar-refractivity contribution in [3.05, 3.63) is 36.3 Å². The Labute approximate surface area is 153 Å². The van der Waals surface area contributed by atoms with Gasteiger partial charge in [-0.25, -0.2) is 9.37 Å². The number of fused-ring (bicyclic) bond motifs is 1. The number of halogens is 1. The maximum absolute atomic E-state index is 15.4. The smallest absolute Gasteiger partial charge is 0.212 e. The lowest BCUT2D eigenvalue weighted by Gasteiger charge is -2.42. The largest absolute Gasteiger partial charge is 0.481 e. The molecule has 0 bridgehead atoms. The average Bonchev–Trinajstić information content (AvgIpc) is 3.36. The summed E-state index contributed by atoms with van der Waals surface area (Å²) in [6, 6.07) is 7.25. The molecule has 6 heteroatoms. The van der Waals surface area contributed by atoms with Crippen LogP contribution in [-0.4, -0.2) is 43.6 Å². The lowest BCUT2D eigenvalue weighted by molar-refractivity contribution is 0.173. The van der Waals surface area contributed by atoms with E-state index < -0.39 is 6.23 Å². The standard InChI is InChI=1S/C20H24FN3O2/c1-20(8-9-20)12-24-11-17(25)23(2)19-15(24)6-5-14(18(19)21)13-4-7-16(26-3)22-10-13/h4-7,10,17,25H,8-9,11-12H2,1-3H3. The van der Waals surface area contributed by atoms with E-state index in [9.17, 15) is 5.11 Å². The van der Waals surface area contributed by atoms with Gasteiger partial charge in [0, 0.05) is 37.0 Å². The molecule has 138 valence electrons. The molecule has 1 atom stereocenters. The highest BCUT2D eigenvalue weighted by Crippen LogP contribution is 2.48. The van der Waals surface area contributed by atoms with E-state index in [2.05, 4.69) is 16.8 Å². The number of hydrogen-bond donors (Lipinski definition) is 1. The quantitative estimate of drug-likeness (QED) is 0.910. The zero-order chi connectivity index (χ0) is 18.5. The Morgan fingerprint density at radius 3 is 2.69 bits per heavy atom. The van der Waals surface area contributed by atoms with Crippen LogP contribution in [0.25, 0.3) is 11.1 Å². The second kappa shape index (κ2) is 6.13. The number of aromatic nitrogens is 1. The third-order valence-corrected chi connectivity index (χ3v) is 5.55. The second-order valence-electron chi connectivity index (χ2n) is 7.67. The Kier molecular flexibility index (Phi) is 4.03. The van der Waals surface area contributed by atoms with Crippen molar-refractivity contribution in [3.8, 4) is 17.0 Å². The van der Waals surface area contributed by atoms with Crippen LogP contribution < -0.4 is 14.5 Å². The van der Waals surface area contributed by atoms with Gasteiger partial charge < -0.3 is 19.6 Å². The maximum Gasteiger partial charge on any atom is 0.212 e. The van der Waals surface area contributed by atoms with Gasteiger partial charge >= 0.3 is 0 Å². The molecule has 1 aliphatic heterocycles. The SMILES string of the molecule is COc1ccc(-c2ccc3c(c2F)N(C)C(O)CN3CC2(C)CC2)cn1. The van der Waals surface area contributed by atoms with Gasteiger partial charge in [-0.2, -0.15) is 0 Å². The van der Waals surface area contributed by atoms with Crippen molar-refractivity contribution in [1.29, 1.82) is 0 Å². The van der Waals surface area contributed by atoms with Crippen molar-refractivity contribution in [1.82, 2.24) is 4.98 Å². The number of β-amino-alcohol motifs (C(OH)–C–C–N with tert-alkyl or cyclic N) is 1. The molecular weight excluding hydrogens is 333 g/mol. The predicted molar refractivity (Wildman–Crippen MR) is 100 cm³/mol. The monoisotopic (exact) mass is 357 g/mol. The number of hydrogen-bond acceptors (Lipinski definition) is 5. The highest BCUT2D eigenvalue weighted by molar-refractivity contribution is 5.81. The van der Waals surface area contributed by atoms with Gasteiger partial charge in [0.1, 0.15) is 6.23 Å². The van der Waals surface area contributed by atoms with Crippen LogP contribution in [0.15, 0.2) is 30.5 Å². The molecule has 0 amide bonds. The maximum atomic E-state index is 15.4. The molecule has 0 radical (unpaired) electrons. The van der Waals surface area contributed by atoms with Gasteiger partial charge in [0.25, 0.3) is 0 Å². The van der Waals surface area contributed by atoms with Crippen LogP contribution in [0.4, 0.5) is 15.8 Å². The number of likely N-dealkylation sites (N-methyl/N-ethyl adjacent to an activating group) is 1. The first kappa shape index (κ1) is 17.1. The highest BCUT2D eigenvalue weighted by Gasteiger charge is 2.41. The Morgan fingerprint density at radius 1 is 1.31 bits per heavy atom. The molecule has 1 saturated carbocycles. The molecule has 1 fully saturated rings. The molecule has 1 N–H and O–H groups in total. The van der Waals surface area contributed by atoms with Crippen LogP contribution in [0.2, 0.25) is 0 Å². The molecule has 1 unspecified atom stereocenters. The number of anilines is 2. The van der Waals surface area contributed by atoms with Crippen LogP contribution in [0, 0.1) is 11.2 Å². The summed E-state index contributed by atoms with van der Waals surface area (Å²) in [6.07, 6.45) is 3.24. The van der Waals surface area contributed by atoms with E-state index >= 15 is 4.39 Å². The summed E-state index contributed by atoms with van der Waals surface area (Å²) in [6.45, 7) is 3.57. The Balaban J connectivity index is 1.76. The van der Waals surface area contributed by atoms with Gasteiger partial charge in [-0.1, -0.05) is 6.92 Å². The number of nitrogens with zero attached hydrogens (tertiary/aromatic N) is 3. The summed E-state index contributed by atoms with van der Waals surface area (Å²) < 4.78 is 20.5. The Morgan fingerprint density at radius 2 is 2.08 bits per heavy atom. The van der Waals surface area contributed by atoms with Gasteiger partial charge in [-0.15, -0.1) is 0 Å². The molecule has 4 rings (SSSR count). The summed E-state index contributed by atoms with van der Waals surface area (Å²) in [5.74, 6) is 0.158. The third-order valence-electron chi connectivity index (χ3n) is 5.55. The second-order valence-corrected chi connectivity index (χ2v) is 7.67. The molecule has 1 aliphatic carbocycles. The number of ether oxygens (including phenoxy) is 1. The number of methoxy groups -OCH3 is 1. The molecule has 5 nitrogen and oxygen atoms in total. The molecule has 0 spiro atoms. The molecule has 1 aromatic carbocycles. The molecule has 2 heterocycles. The first-order valence-corrected chi connectivity index (χ1v) is 8.91. The van der Waals surface area contributed by atoms with E-state index in [1.165, 1.54) is 12.8 Å². The Hall–Kier alpha value is -2.34.